The maximum atomic E-state index is 12.2. The van der Waals surface area contributed by atoms with Crippen LogP contribution in [0.5, 0.6) is 0 Å². The number of hydrogen-bond acceptors (Lipinski definition) is 3. The van der Waals surface area contributed by atoms with E-state index in [0.29, 0.717) is 22.9 Å². The first-order valence-corrected chi connectivity index (χ1v) is 8.09. The van der Waals surface area contributed by atoms with Crippen molar-refractivity contribution >= 4 is 23.3 Å². The summed E-state index contributed by atoms with van der Waals surface area (Å²) in [6, 6.07) is 1.68. The minimum Gasteiger partial charge on any atom is -0.373 e. The van der Waals surface area contributed by atoms with Crippen LogP contribution in [0, 0.1) is 11.8 Å². The van der Waals surface area contributed by atoms with Crippen LogP contribution in [0.25, 0.3) is 0 Å². The molecule has 2 atom stereocenters. The molecule has 116 valence electrons. The van der Waals surface area contributed by atoms with Gasteiger partial charge in [-0.2, -0.15) is 0 Å². The van der Waals surface area contributed by atoms with Gasteiger partial charge >= 0.3 is 0 Å². The van der Waals surface area contributed by atoms with E-state index >= 15 is 0 Å². The molecule has 0 aliphatic heterocycles. The van der Waals surface area contributed by atoms with Gasteiger partial charge in [-0.1, -0.05) is 37.8 Å². The van der Waals surface area contributed by atoms with Crippen LogP contribution >= 0.6 is 11.6 Å². The Morgan fingerprint density at radius 2 is 2.29 bits per heavy atom. The van der Waals surface area contributed by atoms with Gasteiger partial charge in [0, 0.05) is 19.8 Å². The largest absolute Gasteiger partial charge is 0.373 e. The van der Waals surface area contributed by atoms with Crippen LogP contribution in [0.4, 0.5) is 5.82 Å². The number of carbonyl (C=O) groups excluding carboxylic acids is 1. The van der Waals surface area contributed by atoms with E-state index in [1.165, 1.54) is 31.9 Å². The third-order valence-electron chi connectivity index (χ3n) is 4.24. The summed E-state index contributed by atoms with van der Waals surface area (Å²) >= 11 is 6.04. The van der Waals surface area contributed by atoms with Gasteiger partial charge < -0.3 is 10.6 Å². The fourth-order valence-corrected chi connectivity index (χ4v) is 3.25. The lowest BCUT2D eigenvalue weighted by molar-refractivity contribution is 0.0949. The fourth-order valence-electron chi connectivity index (χ4n) is 3.06. The summed E-state index contributed by atoms with van der Waals surface area (Å²) in [5, 5.41) is 6.27. The summed E-state index contributed by atoms with van der Waals surface area (Å²) in [6.45, 7) is 3.03. The second-order valence-corrected chi connectivity index (χ2v) is 6.39. The summed E-state index contributed by atoms with van der Waals surface area (Å²) < 4.78 is 0. The Morgan fingerprint density at radius 1 is 1.48 bits per heavy atom. The lowest BCUT2D eigenvalue weighted by atomic mass is 9.81. The van der Waals surface area contributed by atoms with Crippen molar-refractivity contribution in [2.24, 2.45) is 11.8 Å². The van der Waals surface area contributed by atoms with E-state index in [2.05, 4.69) is 22.5 Å². The van der Waals surface area contributed by atoms with Crippen molar-refractivity contribution < 1.29 is 4.79 Å². The maximum Gasteiger partial charge on any atom is 0.252 e. The molecule has 2 unspecified atom stereocenters. The van der Waals surface area contributed by atoms with Crippen LogP contribution < -0.4 is 10.6 Å². The number of nitrogens with zero attached hydrogens (tertiary/aromatic N) is 1. The molecule has 4 nitrogen and oxygen atoms in total. The van der Waals surface area contributed by atoms with Gasteiger partial charge in [-0.15, -0.1) is 0 Å². The molecular weight excluding hydrogens is 286 g/mol. The van der Waals surface area contributed by atoms with E-state index in [1.54, 1.807) is 13.1 Å². The van der Waals surface area contributed by atoms with E-state index in [-0.39, 0.29) is 5.91 Å². The third-order valence-corrected chi connectivity index (χ3v) is 4.54. The number of amides is 1. The van der Waals surface area contributed by atoms with Crippen LogP contribution in [0.2, 0.25) is 5.02 Å². The Kier molecular flexibility index (Phi) is 5.85. The molecule has 1 heterocycles. The monoisotopic (exact) mass is 309 g/mol. The van der Waals surface area contributed by atoms with Crippen molar-refractivity contribution in [2.45, 2.75) is 39.0 Å². The average molecular weight is 310 g/mol. The number of carbonyl (C=O) groups is 1. The van der Waals surface area contributed by atoms with Gasteiger partial charge in [0.25, 0.3) is 5.91 Å². The molecular formula is C16H24ClN3O. The molecule has 1 aliphatic carbocycles. The number of rotatable bonds is 5. The third kappa shape index (κ3) is 4.60. The van der Waals surface area contributed by atoms with E-state index in [9.17, 15) is 4.79 Å². The Hall–Kier alpha value is -1.29. The summed E-state index contributed by atoms with van der Waals surface area (Å²) in [4.78, 5) is 16.3. The minimum atomic E-state index is -0.122. The van der Waals surface area contributed by atoms with E-state index in [0.717, 1.165) is 18.3 Å². The molecule has 2 N–H and O–H groups in total. The molecule has 21 heavy (non-hydrogen) atoms. The maximum absolute atomic E-state index is 12.2. The van der Waals surface area contributed by atoms with Crippen LogP contribution in [-0.2, 0) is 0 Å². The Labute approximate surface area is 131 Å². The van der Waals surface area contributed by atoms with Crippen molar-refractivity contribution in [3.05, 3.63) is 22.8 Å². The molecule has 0 radical (unpaired) electrons. The zero-order chi connectivity index (χ0) is 15.2. The zero-order valence-corrected chi connectivity index (χ0v) is 13.5. The number of nitrogens with one attached hydrogen (secondary N) is 2. The Bertz CT molecular complexity index is 492. The molecule has 1 amide bonds. The summed E-state index contributed by atoms with van der Waals surface area (Å²) in [5.41, 5.74) is 0.480. The molecule has 1 aliphatic rings. The topological polar surface area (TPSA) is 54.0 Å². The van der Waals surface area contributed by atoms with Crippen LogP contribution in [0.15, 0.2) is 12.3 Å². The molecule has 0 spiro atoms. The smallest absolute Gasteiger partial charge is 0.252 e. The van der Waals surface area contributed by atoms with Crippen molar-refractivity contribution in [1.82, 2.24) is 10.3 Å². The minimum absolute atomic E-state index is 0.122. The molecule has 1 saturated carbocycles. The number of anilines is 1. The first kappa shape index (κ1) is 16.1. The highest BCUT2D eigenvalue weighted by Gasteiger charge is 2.19. The highest BCUT2D eigenvalue weighted by molar-refractivity contribution is 6.33. The predicted octanol–water partition coefficient (Wildman–Crippen LogP) is 3.72. The Morgan fingerprint density at radius 3 is 3.00 bits per heavy atom. The number of pyridine rings is 1. The van der Waals surface area contributed by atoms with Crippen molar-refractivity contribution in [1.29, 1.82) is 0 Å². The second kappa shape index (κ2) is 7.64. The van der Waals surface area contributed by atoms with Gasteiger partial charge in [0.05, 0.1) is 10.6 Å². The van der Waals surface area contributed by atoms with Gasteiger partial charge in [-0.25, -0.2) is 4.98 Å². The van der Waals surface area contributed by atoms with Gasteiger partial charge in [0.2, 0.25) is 0 Å². The van der Waals surface area contributed by atoms with Crippen LogP contribution in [0.3, 0.4) is 0 Å². The van der Waals surface area contributed by atoms with Gasteiger partial charge in [-0.3, -0.25) is 4.79 Å². The first-order chi connectivity index (χ1) is 10.1. The van der Waals surface area contributed by atoms with Gasteiger partial charge in [-0.05, 0) is 30.7 Å². The fraction of sp³-hybridized carbons (Fsp3) is 0.625. The van der Waals surface area contributed by atoms with Crippen molar-refractivity contribution in [2.75, 3.05) is 18.9 Å². The molecule has 0 bridgehead atoms. The lowest BCUT2D eigenvalue weighted by Gasteiger charge is -2.26. The summed E-state index contributed by atoms with van der Waals surface area (Å²) in [7, 11) is 1.77. The van der Waals surface area contributed by atoms with Crippen LogP contribution in [-0.4, -0.2) is 24.5 Å². The molecule has 5 heteroatoms. The predicted molar refractivity (Wildman–Crippen MR) is 86.9 cm³/mol. The van der Waals surface area contributed by atoms with E-state index in [4.69, 9.17) is 11.6 Å². The number of aromatic nitrogens is 1. The molecule has 1 aromatic heterocycles. The van der Waals surface area contributed by atoms with E-state index < -0.39 is 0 Å². The quantitative estimate of drug-likeness (QED) is 0.871. The van der Waals surface area contributed by atoms with Crippen LogP contribution in [0.1, 0.15) is 49.4 Å². The number of halogens is 1. The second-order valence-electron chi connectivity index (χ2n) is 5.98. The average Bonchev–Trinajstić information content (AvgIpc) is 2.47. The highest BCUT2D eigenvalue weighted by atomic mass is 35.5. The SMILES string of the molecule is CNc1cc(C(=O)NCCC2CCCC(C)C2)c(Cl)cn1. The molecule has 1 aromatic rings. The van der Waals surface area contributed by atoms with Crippen molar-refractivity contribution in [3.8, 4) is 0 Å². The summed E-state index contributed by atoms with van der Waals surface area (Å²) in [6.07, 6.45) is 7.81. The highest BCUT2D eigenvalue weighted by Crippen LogP contribution is 2.30. The van der Waals surface area contributed by atoms with Crippen molar-refractivity contribution in [3.63, 3.8) is 0 Å². The molecule has 1 fully saturated rings. The zero-order valence-electron chi connectivity index (χ0n) is 12.8. The standard InChI is InChI=1S/C16H24ClN3O/c1-11-4-3-5-12(8-11)6-7-19-16(21)13-9-15(18-2)20-10-14(13)17/h9-12H,3-8H2,1-2H3,(H,18,20)(H,19,21). The van der Waals surface area contributed by atoms with E-state index in [1.807, 2.05) is 0 Å². The molecule has 0 aromatic carbocycles. The summed E-state index contributed by atoms with van der Waals surface area (Å²) in [5.74, 6) is 2.09. The van der Waals surface area contributed by atoms with Gasteiger partial charge in [0.15, 0.2) is 0 Å². The molecule has 0 saturated heterocycles. The first-order valence-electron chi connectivity index (χ1n) is 7.71. The van der Waals surface area contributed by atoms with Gasteiger partial charge in [0.1, 0.15) is 5.82 Å². The Balaban J connectivity index is 1.84. The number of hydrogen-bond donors (Lipinski definition) is 2. The molecule has 2 rings (SSSR count). The lowest BCUT2D eigenvalue weighted by Crippen LogP contribution is -2.27. The normalized spacial score (nSPS) is 21.9.